The van der Waals surface area contributed by atoms with Crippen molar-refractivity contribution in [3.8, 4) is 5.75 Å². The van der Waals surface area contributed by atoms with E-state index in [1.807, 2.05) is 6.92 Å². The third-order valence-electron chi connectivity index (χ3n) is 3.74. The van der Waals surface area contributed by atoms with Crippen molar-refractivity contribution in [3.05, 3.63) is 58.1 Å². The molecular formula is C19H19F3N2O4S. The number of alkyl halides is 3. The first kappa shape index (κ1) is 22.4. The lowest BCUT2D eigenvalue weighted by Gasteiger charge is -2.16. The molecule has 0 saturated heterocycles. The van der Waals surface area contributed by atoms with Gasteiger partial charge in [0, 0.05) is 11.8 Å². The molecule has 0 aliphatic heterocycles. The molecule has 0 aliphatic carbocycles. The standard InChI is InChI=1S/C19H19F3N2O4S/c1-2-3-4-9-27-15-7-6-13(10-14(15)19(20,21)22)23-18(29)24-17(26)12-5-8-16(25)28-11-12/h5-8,10-11H,2-4,9H2,1H3,(H2,23,24,26,29). The van der Waals surface area contributed by atoms with Gasteiger partial charge in [0.25, 0.3) is 5.91 Å². The maximum absolute atomic E-state index is 13.4. The Morgan fingerprint density at radius 1 is 1.21 bits per heavy atom. The lowest BCUT2D eigenvalue weighted by atomic mass is 10.1. The van der Waals surface area contributed by atoms with Gasteiger partial charge in [0.1, 0.15) is 12.0 Å². The molecular weight excluding hydrogens is 409 g/mol. The minimum Gasteiger partial charge on any atom is -0.493 e. The number of halogens is 3. The van der Waals surface area contributed by atoms with E-state index in [-0.39, 0.29) is 28.7 Å². The topological polar surface area (TPSA) is 80.6 Å². The average Bonchev–Trinajstić information content (AvgIpc) is 2.65. The van der Waals surface area contributed by atoms with Crippen LogP contribution in [0.3, 0.4) is 0 Å². The third-order valence-corrected chi connectivity index (χ3v) is 3.94. The lowest BCUT2D eigenvalue weighted by Crippen LogP contribution is -2.34. The van der Waals surface area contributed by atoms with Gasteiger partial charge in [0.05, 0.1) is 17.7 Å². The first-order valence-electron chi connectivity index (χ1n) is 8.76. The number of hydrogen-bond acceptors (Lipinski definition) is 5. The van der Waals surface area contributed by atoms with Crippen molar-refractivity contribution in [2.24, 2.45) is 0 Å². The highest BCUT2D eigenvalue weighted by Crippen LogP contribution is 2.38. The van der Waals surface area contributed by atoms with E-state index in [9.17, 15) is 22.8 Å². The predicted octanol–water partition coefficient (Wildman–Crippen LogP) is 4.35. The van der Waals surface area contributed by atoms with Crippen LogP contribution in [0.4, 0.5) is 18.9 Å². The Hall–Kier alpha value is -2.88. The predicted molar refractivity (Wildman–Crippen MR) is 105 cm³/mol. The summed E-state index contributed by atoms with van der Waals surface area (Å²) in [4.78, 5) is 22.9. The monoisotopic (exact) mass is 428 g/mol. The van der Waals surface area contributed by atoms with Gasteiger partial charge in [-0.05, 0) is 42.9 Å². The van der Waals surface area contributed by atoms with Crippen LogP contribution in [0.1, 0.15) is 42.1 Å². The Bertz CT molecular complexity index is 908. The number of unbranched alkanes of at least 4 members (excludes halogenated alkanes) is 2. The molecule has 1 amide bonds. The van der Waals surface area contributed by atoms with Crippen molar-refractivity contribution in [2.75, 3.05) is 11.9 Å². The molecule has 1 aromatic heterocycles. The summed E-state index contributed by atoms with van der Waals surface area (Å²) in [6.45, 7) is 2.17. The Balaban J connectivity index is 2.07. The Kier molecular flexibility index (Phi) is 7.77. The quantitative estimate of drug-likeness (QED) is 0.504. The molecule has 0 radical (unpaired) electrons. The molecule has 0 unspecified atom stereocenters. The van der Waals surface area contributed by atoms with E-state index in [4.69, 9.17) is 17.0 Å². The Morgan fingerprint density at radius 2 is 1.97 bits per heavy atom. The lowest BCUT2D eigenvalue weighted by molar-refractivity contribution is -0.138. The van der Waals surface area contributed by atoms with Gasteiger partial charge in [-0.3, -0.25) is 10.1 Å². The number of nitrogens with one attached hydrogen (secondary N) is 2. The number of hydrogen-bond donors (Lipinski definition) is 2. The van der Waals surface area contributed by atoms with Crippen LogP contribution in [0.25, 0.3) is 0 Å². The molecule has 0 spiro atoms. The number of carbonyl (C=O) groups excluding carboxylic acids is 1. The van der Waals surface area contributed by atoms with Crippen LogP contribution in [0, 0.1) is 0 Å². The van der Waals surface area contributed by atoms with Crippen LogP contribution in [0.5, 0.6) is 5.75 Å². The normalized spacial score (nSPS) is 11.0. The molecule has 10 heteroatoms. The maximum Gasteiger partial charge on any atom is 0.420 e. The molecule has 2 aromatic rings. The number of ether oxygens (including phenoxy) is 1. The van der Waals surface area contributed by atoms with Crippen LogP contribution in [0.2, 0.25) is 0 Å². The Labute approximate surface area is 170 Å². The summed E-state index contributed by atoms with van der Waals surface area (Å²) in [6.07, 6.45) is -1.23. The number of benzene rings is 1. The number of rotatable bonds is 7. The zero-order valence-electron chi connectivity index (χ0n) is 15.5. The third kappa shape index (κ3) is 6.90. The van der Waals surface area contributed by atoms with Gasteiger partial charge < -0.3 is 14.5 Å². The fraction of sp³-hybridized carbons (Fsp3) is 0.316. The first-order chi connectivity index (χ1) is 13.7. The molecule has 0 fully saturated rings. The SMILES string of the molecule is CCCCCOc1ccc(NC(=S)NC(=O)c2ccc(=O)oc2)cc1C(F)(F)F. The van der Waals surface area contributed by atoms with E-state index in [1.165, 1.54) is 18.2 Å². The highest BCUT2D eigenvalue weighted by atomic mass is 32.1. The van der Waals surface area contributed by atoms with Gasteiger partial charge in [0.2, 0.25) is 0 Å². The number of anilines is 1. The maximum atomic E-state index is 13.4. The summed E-state index contributed by atoms with van der Waals surface area (Å²) in [5.74, 6) is -0.952. The second-order valence-electron chi connectivity index (χ2n) is 6.02. The summed E-state index contributed by atoms with van der Waals surface area (Å²) in [5.41, 5.74) is -1.51. The van der Waals surface area contributed by atoms with Crippen LogP contribution >= 0.6 is 12.2 Å². The van der Waals surface area contributed by atoms with Crippen molar-refractivity contribution in [2.45, 2.75) is 32.4 Å². The molecule has 1 heterocycles. The van der Waals surface area contributed by atoms with Crippen molar-refractivity contribution in [1.82, 2.24) is 5.32 Å². The summed E-state index contributed by atoms with van der Waals surface area (Å²) in [6, 6.07) is 5.71. The zero-order chi connectivity index (χ0) is 21.4. The van der Waals surface area contributed by atoms with E-state index >= 15 is 0 Å². The van der Waals surface area contributed by atoms with E-state index in [0.717, 1.165) is 31.2 Å². The van der Waals surface area contributed by atoms with Crippen LogP contribution in [0.15, 0.2) is 45.8 Å². The average molecular weight is 428 g/mol. The number of thiocarbonyl (C=S) groups is 1. The van der Waals surface area contributed by atoms with E-state index in [1.54, 1.807) is 0 Å². The Morgan fingerprint density at radius 3 is 2.59 bits per heavy atom. The van der Waals surface area contributed by atoms with Gasteiger partial charge in [0.15, 0.2) is 5.11 Å². The molecule has 0 bridgehead atoms. The minimum atomic E-state index is -4.62. The van der Waals surface area contributed by atoms with Gasteiger partial charge in [-0.15, -0.1) is 0 Å². The van der Waals surface area contributed by atoms with Crippen LogP contribution in [-0.2, 0) is 6.18 Å². The summed E-state index contributed by atoms with van der Waals surface area (Å²) >= 11 is 4.96. The van der Waals surface area contributed by atoms with E-state index in [2.05, 4.69) is 15.1 Å². The number of carbonyl (C=O) groups is 1. The first-order valence-corrected chi connectivity index (χ1v) is 9.16. The molecule has 156 valence electrons. The molecule has 0 saturated carbocycles. The molecule has 29 heavy (non-hydrogen) atoms. The van der Waals surface area contributed by atoms with Crippen molar-refractivity contribution in [1.29, 1.82) is 0 Å². The van der Waals surface area contributed by atoms with E-state index < -0.39 is 23.3 Å². The highest BCUT2D eigenvalue weighted by Gasteiger charge is 2.34. The van der Waals surface area contributed by atoms with Crippen molar-refractivity contribution < 1.29 is 27.1 Å². The van der Waals surface area contributed by atoms with Gasteiger partial charge in [-0.2, -0.15) is 13.2 Å². The summed E-state index contributed by atoms with van der Waals surface area (Å²) in [7, 11) is 0. The van der Waals surface area contributed by atoms with Crippen molar-refractivity contribution in [3.63, 3.8) is 0 Å². The zero-order valence-corrected chi connectivity index (χ0v) is 16.3. The van der Waals surface area contributed by atoms with Crippen LogP contribution in [-0.4, -0.2) is 17.6 Å². The van der Waals surface area contributed by atoms with Gasteiger partial charge in [-0.1, -0.05) is 19.8 Å². The molecule has 6 nitrogen and oxygen atoms in total. The largest absolute Gasteiger partial charge is 0.493 e. The molecule has 2 N–H and O–H groups in total. The smallest absolute Gasteiger partial charge is 0.420 e. The van der Waals surface area contributed by atoms with E-state index in [0.29, 0.717) is 6.42 Å². The van der Waals surface area contributed by atoms with Crippen LogP contribution < -0.4 is 21.0 Å². The fourth-order valence-electron chi connectivity index (χ4n) is 2.31. The summed E-state index contributed by atoms with van der Waals surface area (Å²) in [5, 5.41) is 4.60. The van der Waals surface area contributed by atoms with Gasteiger partial charge in [-0.25, -0.2) is 4.79 Å². The van der Waals surface area contributed by atoms with Gasteiger partial charge >= 0.3 is 11.8 Å². The second kappa shape index (κ2) is 10.1. The fourth-order valence-corrected chi connectivity index (χ4v) is 2.52. The highest BCUT2D eigenvalue weighted by molar-refractivity contribution is 7.80. The molecule has 0 atom stereocenters. The molecule has 1 aromatic carbocycles. The molecule has 0 aliphatic rings. The second-order valence-corrected chi connectivity index (χ2v) is 6.42. The minimum absolute atomic E-state index is 0.0283. The van der Waals surface area contributed by atoms with Crippen molar-refractivity contribution >= 4 is 28.9 Å². The molecule has 2 rings (SSSR count). The summed E-state index contributed by atoms with van der Waals surface area (Å²) < 4.78 is 49.9. The number of amides is 1.